The quantitative estimate of drug-likeness (QED) is 0.0350. The minimum atomic E-state index is -0.922. The number of unbranched alkanes of at least 4 members (excludes halogenated alkanes) is 3. The molecule has 3 aliphatic carbocycles. The van der Waals surface area contributed by atoms with Gasteiger partial charge in [0.25, 0.3) is 0 Å². The molecule has 0 saturated heterocycles. The number of ether oxygens (including phenoxy) is 4. The van der Waals surface area contributed by atoms with E-state index in [2.05, 4.69) is 43.1 Å². The van der Waals surface area contributed by atoms with Crippen LogP contribution in [0, 0.1) is 65.6 Å². The van der Waals surface area contributed by atoms with Gasteiger partial charge < -0.3 is 18.9 Å². The molecule has 0 atom stereocenters. The number of benzene rings is 3. The van der Waals surface area contributed by atoms with E-state index in [1.807, 2.05) is 48.5 Å². The summed E-state index contributed by atoms with van der Waals surface area (Å²) in [6.45, 7) is 6.27. The van der Waals surface area contributed by atoms with E-state index in [1.54, 1.807) is 24.3 Å². The first-order valence-corrected chi connectivity index (χ1v) is 23.9. The predicted octanol–water partition coefficient (Wildman–Crippen LogP) is 11.4. The SMILES string of the molecule is C#Cc1ccc(C#Cc2ccc(C#CC3(OC(=O)c4ccc(OC(=O)C5CCC(C(=O)OCCCCCOC(=O)C=C)CC5)cc4)CCC(C4CCC(CCCC)CC4)CC3)cc2)cc1. The van der Waals surface area contributed by atoms with Gasteiger partial charge in [0.05, 0.1) is 30.6 Å². The van der Waals surface area contributed by atoms with Crippen molar-refractivity contribution < 1.29 is 38.1 Å². The molecule has 0 aromatic heterocycles. The van der Waals surface area contributed by atoms with Crippen molar-refractivity contribution >= 4 is 23.9 Å². The summed E-state index contributed by atoms with van der Waals surface area (Å²) in [6, 6.07) is 21.9. The highest BCUT2D eigenvalue weighted by Gasteiger charge is 2.41. The van der Waals surface area contributed by atoms with Crippen molar-refractivity contribution in [3.63, 3.8) is 0 Å². The number of carbonyl (C=O) groups excluding carboxylic acids is 4. The summed E-state index contributed by atoms with van der Waals surface area (Å²) in [6.07, 6.45) is 23.4. The monoisotopic (exact) mass is 876 g/mol. The Morgan fingerprint density at radius 1 is 0.646 bits per heavy atom. The molecule has 65 heavy (non-hydrogen) atoms. The van der Waals surface area contributed by atoms with Crippen LogP contribution in [0.3, 0.4) is 0 Å². The molecule has 0 N–H and O–H groups in total. The molecule has 0 bridgehead atoms. The van der Waals surface area contributed by atoms with E-state index in [9.17, 15) is 19.2 Å². The Balaban J connectivity index is 1.02. The van der Waals surface area contributed by atoms with Gasteiger partial charge >= 0.3 is 23.9 Å². The zero-order chi connectivity index (χ0) is 45.9. The van der Waals surface area contributed by atoms with Gasteiger partial charge in [-0.25, -0.2) is 9.59 Å². The molecule has 0 aliphatic heterocycles. The molecule has 0 heterocycles. The van der Waals surface area contributed by atoms with Crippen molar-refractivity contribution in [1.29, 1.82) is 0 Å². The van der Waals surface area contributed by atoms with Gasteiger partial charge in [0, 0.05) is 28.3 Å². The van der Waals surface area contributed by atoms with E-state index in [4.69, 9.17) is 25.4 Å². The number of hydrogen-bond donors (Lipinski definition) is 0. The minimum absolute atomic E-state index is 0.238. The second-order valence-corrected chi connectivity index (χ2v) is 18.0. The molecule has 0 amide bonds. The molecule has 3 saturated carbocycles. The smallest absolute Gasteiger partial charge is 0.339 e. The summed E-state index contributed by atoms with van der Waals surface area (Å²) in [5.41, 5.74) is 2.84. The fourth-order valence-corrected chi connectivity index (χ4v) is 9.45. The number of hydrogen-bond acceptors (Lipinski definition) is 8. The summed E-state index contributed by atoms with van der Waals surface area (Å²) in [5.74, 6) is 16.3. The largest absolute Gasteiger partial charge is 0.465 e. The van der Waals surface area contributed by atoms with Crippen molar-refractivity contribution in [3.8, 4) is 41.8 Å². The zero-order valence-corrected chi connectivity index (χ0v) is 38.1. The highest BCUT2D eigenvalue weighted by Crippen LogP contribution is 2.44. The van der Waals surface area contributed by atoms with Crippen LogP contribution in [0.1, 0.15) is 155 Å². The first-order valence-electron chi connectivity index (χ1n) is 23.9. The number of esters is 4. The molecular formula is C57H64O8. The van der Waals surface area contributed by atoms with Crippen molar-refractivity contribution in [2.45, 2.75) is 128 Å². The maximum absolute atomic E-state index is 13.8. The molecule has 6 rings (SSSR count). The van der Waals surface area contributed by atoms with Gasteiger partial charge in [-0.1, -0.05) is 69.3 Å². The Bertz CT molecular complexity index is 2220. The highest BCUT2D eigenvalue weighted by atomic mass is 16.6. The van der Waals surface area contributed by atoms with Crippen LogP contribution in [-0.4, -0.2) is 42.7 Å². The molecular weight excluding hydrogens is 813 g/mol. The average molecular weight is 877 g/mol. The lowest BCUT2D eigenvalue weighted by atomic mass is 9.67. The van der Waals surface area contributed by atoms with Crippen LogP contribution in [0.5, 0.6) is 5.75 Å². The maximum atomic E-state index is 13.8. The second-order valence-electron chi connectivity index (χ2n) is 18.0. The van der Waals surface area contributed by atoms with Crippen LogP contribution >= 0.6 is 0 Å². The van der Waals surface area contributed by atoms with Crippen molar-refractivity contribution in [1.82, 2.24) is 0 Å². The van der Waals surface area contributed by atoms with Crippen molar-refractivity contribution in [2.24, 2.45) is 29.6 Å². The molecule has 3 aromatic carbocycles. The third-order valence-corrected chi connectivity index (χ3v) is 13.5. The normalized spacial score (nSPS) is 22.6. The van der Waals surface area contributed by atoms with Crippen LogP contribution in [0.25, 0.3) is 0 Å². The highest BCUT2D eigenvalue weighted by molar-refractivity contribution is 5.90. The number of carbonyl (C=O) groups is 4. The Morgan fingerprint density at radius 2 is 1.18 bits per heavy atom. The molecule has 0 radical (unpaired) electrons. The van der Waals surface area contributed by atoms with E-state index in [1.165, 1.54) is 44.9 Å². The maximum Gasteiger partial charge on any atom is 0.339 e. The fraction of sp³-hybridized carbons (Fsp3) is 0.474. The Morgan fingerprint density at radius 3 is 1.75 bits per heavy atom. The van der Waals surface area contributed by atoms with Gasteiger partial charge in [-0.2, -0.15) is 0 Å². The third-order valence-electron chi connectivity index (χ3n) is 13.5. The van der Waals surface area contributed by atoms with Crippen LogP contribution in [0.4, 0.5) is 0 Å². The Hall–Kier alpha value is -6.04. The van der Waals surface area contributed by atoms with E-state index in [0.29, 0.717) is 81.8 Å². The summed E-state index contributed by atoms with van der Waals surface area (Å²) < 4.78 is 22.6. The minimum Gasteiger partial charge on any atom is -0.465 e. The molecule has 0 spiro atoms. The van der Waals surface area contributed by atoms with E-state index in [-0.39, 0.29) is 23.8 Å². The lowest BCUT2D eigenvalue weighted by Gasteiger charge is -2.41. The fourth-order valence-electron chi connectivity index (χ4n) is 9.45. The first kappa shape index (κ1) is 48.4. The molecule has 3 aromatic rings. The summed E-state index contributed by atoms with van der Waals surface area (Å²) in [5, 5.41) is 0. The molecule has 8 nitrogen and oxygen atoms in total. The van der Waals surface area contributed by atoms with Gasteiger partial charge in [-0.15, -0.1) is 6.42 Å². The molecule has 0 unspecified atom stereocenters. The molecule has 3 fully saturated rings. The lowest BCUT2D eigenvalue weighted by Crippen LogP contribution is -2.39. The van der Waals surface area contributed by atoms with Gasteiger partial charge in [0.15, 0.2) is 5.60 Å². The van der Waals surface area contributed by atoms with Crippen molar-refractivity contribution in [3.05, 3.63) is 113 Å². The van der Waals surface area contributed by atoms with Crippen LogP contribution in [-0.2, 0) is 28.6 Å². The standard InChI is InChI=1S/C57H64O8/c1-4-7-11-43-22-24-47(25-23-43)48-35-38-57(39-36-48,37-34-46-20-18-45(19-21-46)17-16-44-14-12-42(5-2)13-15-44)65-56(61)51-30-32-52(33-31-51)64-55(60)50-28-26-49(27-29-50)54(59)63-41-10-8-9-40-62-53(58)6-3/h2,6,12-15,18-21,30-33,43,47-50H,3-4,7-11,22-29,35-36,38-41H2,1H3. The first-order chi connectivity index (χ1) is 31.7. The van der Waals surface area contributed by atoms with Gasteiger partial charge in [-0.05, 0) is 180 Å². The Kier molecular flexibility index (Phi) is 18.5. The zero-order valence-electron chi connectivity index (χ0n) is 38.1. The van der Waals surface area contributed by atoms with Crippen molar-refractivity contribution in [2.75, 3.05) is 13.2 Å². The van der Waals surface area contributed by atoms with Crippen LogP contribution in [0.15, 0.2) is 85.5 Å². The predicted molar refractivity (Wildman–Crippen MR) is 252 cm³/mol. The van der Waals surface area contributed by atoms with Gasteiger partial charge in [0.1, 0.15) is 5.75 Å². The summed E-state index contributed by atoms with van der Waals surface area (Å²) >= 11 is 0. The third kappa shape index (κ3) is 15.0. The average Bonchev–Trinajstić information content (AvgIpc) is 3.35. The summed E-state index contributed by atoms with van der Waals surface area (Å²) in [7, 11) is 0. The number of rotatable bonds is 16. The second kappa shape index (κ2) is 24.9. The number of terminal acetylenes is 1. The van der Waals surface area contributed by atoms with Gasteiger partial charge in [-0.3, -0.25) is 9.59 Å². The van der Waals surface area contributed by atoms with E-state index < -0.39 is 17.5 Å². The van der Waals surface area contributed by atoms with E-state index in [0.717, 1.165) is 59.4 Å². The van der Waals surface area contributed by atoms with Crippen LogP contribution in [0.2, 0.25) is 0 Å². The van der Waals surface area contributed by atoms with E-state index >= 15 is 0 Å². The van der Waals surface area contributed by atoms with Crippen LogP contribution < -0.4 is 4.74 Å². The molecule has 340 valence electrons. The van der Waals surface area contributed by atoms with Gasteiger partial charge in [0.2, 0.25) is 0 Å². The Labute approximate surface area is 386 Å². The molecule has 8 heteroatoms. The lowest BCUT2D eigenvalue weighted by molar-refractivity contribution is -0.152. The summed E-state index contributed by atoms with van der Waals surface area (Å²) in [4.78, 5) is 50.8. The topological polar surface area (TPSA) is 105 Å². The molecule has 3 aliphatic rings.